The van der Waals surface area contributed by atoms with Crippen molar-refractivity contribution >= 4 is 13.4 Å². The molecule has 2 aliphatic rings. The van der Waals surface area contributed by atoms with E-state index in [0.717, 1.165) is 12.2 Å². The summed E-state index contributed by atoms with van der Waals surface area (Å²) in [5.41, 5.74) is 2.30. The Kier molecular flexibility index (Phi) is 3.72. The molecular weight excluding hydrogens is 237 g/mol. The molecule has 0 aromatic rings. The zero-order valence-electron chi connectivity index (χ0n) is 12.7. The lowest BCUT2D eigenvalue weighted by Crippen LogP contribution is -2.34. The highest BCUT2D eigenvalue weighted by molar-refractivity contribution is 6.47. The van der Waals surface area contributed by atoms with Crippen molar-refractivity contribution < 1.29 is 9.90 Å². The number of rotatable bonds is 2. The van der Waals surface area contributed by atoms with E-state index in [0.29, 0.717) is 23.9 Å². The van der Waals surface area contributed by atoms with Gasteiger partial charge in [0.2, 0.25) is 0 Å². The Hall–Kier alpha value is -0.925. The Balaban J connectivity index is 1.92. The predicted molar refractivity (Wildman–Crippen MR) is 80.0 cm³/mol. The van der Waals surface area contributed by atoms with E-state index >= 15 is 0 Å². The highest BCUT2D eigenvalue weighted by Gasteiger charge is 2.46. The van der Waals surface area contributed by atoms with Gasteiger partial charge in [0.1, 0.15) is 0 Å². The zero-order chi connectivity index (χ0) is 14.3. The van der Waals surface area contributed by atoms with Crippen LogP contribution >= 0.6 is 0 Å². The van der Waals surface area contributed by atoms with Crippen molar-refractivity contribution in [2.75, 3.05) is 13.1 Å². The summed E-state index contributed by atoms with van der Waals surface area (Å²) in [4.78, 5) is 12.4. The molecule has 1 aliphatic heterocycles. The first-order valence-corrected chi connectivity index (χ1v) is 7.37. The van der Waals surface area contributed by atoms with Gasteiger partial charge in [0.05, 0.1) is 0 Å². The first-order chi connectivity index (χ1) is 8.71. The summed E-state index contributed by atoms with van der Waals surface area (Å²) in [5.74, 6) is 0.771. The van der Waals surface area contributed by atoms with Gasteiger partial charge < -0.3 is 10.0 Å². The Morgan fingerprint density at radius 1 is 1.32 bits per heavy atom. The molecule has 0 unspecified atom stereocenters. The van der Waals surface area contributed by atoms with Gasteiger partial charge in [-0.2, -0.15) is 0 Å². The van der Waals surface area contributed by atoms with Crippen molar-refractivity contribution in [2.45, 2.75) is 52.8 Å². The third kappa shape index (κ3) is 2.98. The summed E-state index contributed by atoms with van der Waals surface area (Å²) in [7, 11) is 1.17. The fourth-order valence-corrected chi connectivity index (χ4v) is 3.65. The van der Waals surface area contributed by atoms with Crippen LogP contribution in [0.1, 0.15) is 47.0 Å². The van der Waals surface area contributed by atoms with Crippen LogP contribution in [0, 0.1) is 10.8 Å². The number of carboxylic acid groups (broad SMARTS) is 1. The molecule has 0 radical (unpaired) electrons. The fraction of sp³-hybridized carbons (Fsp3) is 0.800. The Bertz CT molecular complexity index is 385. The Labute approximate surface area is 117 Å². The van der Waals surface area contributed by atoms with E-state index in [4.69, 9.17) is 5.11 Å². The smallest absolute Gasteiger partial charge is 0.407 e. The summed E-state index contributed by atoms with van der Waals surface area (Å²) in [6.07, 6.45) is 4.85. The molecule has 0 saturated heterocycles. The molecule has 0 spiro atoms. The molecule has 1 fully saturated rings. The zero-order valence-corrected chi connectivity index (χ0v) is 12.7. The maximum absolute atomic E-state index is 10.9. The van der Waals surface area contributed by atoms with Gasteiger partial charge in [-0.1, -0.05) is 52.4 Å². The normalized spacial score (nSPS) is 26.1. The first-order valence-electron chi connectivity index (χ1n) is 7.37. The Morgan fingerprint density at radius 3 is 2.32 bits per heavy atom. The van der Waals surface area contributed by atoms with Gasteiger partial charge in [-0.25, -0.2) is 4.79 Å². The Morgan fingerprint density at radius 2 is 1.89 bits per heavy atom. The summed E-state index contributed by atoms with van der Waals surface area (Å²) < 4.78 is 0. The van der Waals surface area contributed by atoms with Gasteiger partial charge in [0, 0.05) is 13.1 Å². The second kappa shape index (κ2) is 4.88. The minimum absolute atomic E-state index is 0.417. The summed E-state index contributed by atoms with van der Waals surface area (Å²) in [6, 6.07) is 0. The highest BCUT2D eigenvalue weighted by atomic mass is 16.4. The van der Waals surface area contributed by atoms with Crippen molar-refractivity contribution in [2.24, 2.45) is 10.8 Å². The molecule has 0 bridgehead atoms. The standard InChI is InChI=1S/C15H26BNO2/c1-14(2)9-12(10-15(14,3)4)16-11-5-7-17(8-6-11)13(18)19/h5,12,16H,6-10H2,1-4H3,(H,18,19). The molecule has 19 heavy (non-hydrogen) atoms. The number of hydrogen-bond donors (Lipinski definition) is 1. The van der Waals surface area contributed by atoms with Crippen molar-refractivity contribution in [1.29, 1.82) is 0 Å². The van der Waals surface area contributed by atoms with E-state index < -0.39 is 6.09 Å². The molecule has 0 atom stereocenters. The lowest BCUT2D eigenvalue weighted by molar-refractivity contribution is 0.149. The molecule has 1 N–H and O–H groups in total. The van der Waals surface area contributed by atoms with E-state index in [1.807, 2.05) is 0 Å². The van der Waals surface area contributed by atoms with Crippen molar-refractivity contribution in [3.63, 3.8) is 0 Å². The van der Waals surface area contributed by atoms with Crippen molar-refractivity contribution in [3.8, 4) is 0 Å². The molecule has 3 nitrogen and oxygen atoms in total. The van der Waals surface area contributed by atoms with E-state index in [-0.39, 0.29) is 0 Å². The van der Waals surface area contributed by atoms with Gasteiger partial charge >= 0.3 is 6.09 Å². The van der Waals surface area contributed by atoms with Crippen LogP contribution in [-0.2, 0) is 0 Å². The number of nitrogens with zero attached hydrogens (tertiary/aromatic N) is 1. The van der Waals surface area contributed by atoms with E-state index in [9.17, 15) is 4.79 Å². The average molecular weight is 263 g/mol. The maximum Gasteiger partial charge on any atom is 0.407 e. The molecule has 1 amide bonds. The van der Waals surface area contributed by atoms with Crippen LogP contribution < -0.4 is 0 Å². The number of hydrogen-bond acceptors (Lipinski definition) is 1. The second-order valence-electron chi connectivity index (χ2n) is 7.59. The number of amides is 1. The van der Waals surface area contributed by atoms with Crippen LogP contribution in [0.2, 0.25) is 5.82 Å². The summed E-state index contributed by atoms with van der Waals surface area (Å²) in [5, 5.41) is 8.94. The molecule has 0 aromatic carbocycles. The summed E-state index contributed by atoms with van der Waals surface area (Å²) in [6.45, 7) is 10.8. The third-order valence-corrected chi connectivity index (χ3v) is 5.55. The van der Waals surface area contributed by atoms with Crippen LogP contribution in [0.25, 0.3) is 0 Å². The van der Waals surface area contributed by atoms with E-state index in [2.05, 4.69) is 33.8 Å². The molecule has 4 heteroatoms. The topological polar surface area (TPSA) is 40.5 Å². The average Bonchev–Trinajstić information content (AvgIpc) is 2.47. The largest absolute Gasteiger partial charge is 0.465 e. The van der Waals surface area contributed by atoms with Crippen molar-refractivity contribution in [1.82, 2.24) is 4.90 Å². The predicted octanol–water partition coefficient (Wildman–Crippen LogP) is 3.33. The molecule has 2 rings (SSSR count). The second-order valence-corrected chi connectivity index (χ2v) is 7.59. The van der Waals surface area contributed by atoms with E-state index in [1.165, 1.54) is 30.5 Å². The van der Waals surface area contributed by atoms with E-state index in [1.54, 1.807) is 0 Å². The van der Waals surface area contributed by atoms with Gasteiger partial charge in [-0.3, -0.25) is 0 Å². The monoisotopic (exact) mass is 263 g/mol. The van der Waals surface area contributed by atoms with Crippen LogP contribution in [0.5, 0.6) is 0 Å². The van der Waals surface area contributed by atoms with Gasteiger partial charge in [0.15, 0.2) is 7.28 Å². The van der Waals surface area contributed by atoms with Gasteiger partial charge in [-0.15, -0.1) is 5.47 Å². The van der Waals surface area contributed by atoms with Crippen LogP contribution in [-0.4, -0.2) is 36.5 Å². The minimum Gasteiger partial charge on any atom is -0.465 e. The lowest BCUT2D eigenvalue weighted by atomic mass is 9.55. The minimum atomic E-state index is -0.793. The van der Waals surface area contributed by atoms with Crippen molar-refractivity contribution in [3.05, 3.63) is 11.5 Å². The highest BCUT2D eigenvalue weighted by Crippen LogP contribution is 2.57. The molecule has 1 heterocycles. The molecule has 106 valence electrons. The first kappa shape index (κ1) is 14.5. The van der Waals surface area contributed by atoms with Crippen LogP contribution in [0.15, 0.2) is 11.5 Å². The van der Waals surface area contributed by atoms with Crippen LogP contribution in [0.3, 0.4) is 0 Å². The molecule has 1 saturated carbocycles. The molecular formula is C15H26BNO2. The van der Waals surface area contributed by atoms with Gasteiger partial charge in [-0.05, 0) is 17.3 Å². The summed E-state index contributed by atoms with van der Waals surface area (Å²) >= 11 is 0. The molecule has 1 aliphatic carbocycles. The number of carbonyl (C=O) groups is 1. The third-order valence-electron chi connectivity index (χ3n) is 5.55. The lowest BCUT2D eigenvalue weighted by Gasteiger charge is -2.34. The maximum atomic E-state index is 10.9. The SMILES string of the molecule is CC1(C)CC(BC2=CCN(C(=O)O)CC2)CC1(C)C. The fourth-order valence-electron chi connectivity index (χ4n) is 3.65. The quantitative estimate of drug-likeness (QED) is 0.776. The molecule has 0 aromatic heterocycles. The van der Waals surface area contributed by atoms with Crippen LogP contribution in [0.4, 0.5) is 4.79 Å². The van der Waals surface area contributed by atoms with Gasteiger partial charge in [0.25, 0.3) is 0 Å².